The molecular weight excluding hydrogens is 466 g/mol. The van der Waals surface area contributed by atoms with Crippen LogP contribution in [0.4, 0.5) is 11.4 Å². The van der Waals surface area contributed by atoms with E-state index in [9.17, 15) is 14.9 Å². The number of aryl methyl sites for hydroxylation is 1. The molecule has 0 radical (unpaired) electrons. The van der Waals surface area contributed by atoms with Crippen molar-refractivity contribution < 1.29 is 14.5 Å². The summed E-state index contributed by atoms with van der Waals surface area (Å²) in [5.41, 5.74) is 0.868. The highest BCUT2D eigenvalue weighted by Crippen LogP contribution is 2.28. The fourth-order valence-electron chi connectivity index (χ4n) is 3.01. The van der Waals surface area contributed by atoms with Crippen molar-refractivity contribution in [1.29, 1.82) is 0 Å². The minimum atomic E-state index is -0.542. The number of hydrogen-bond donors (Lipinski definition) is 1. The zero-order chi connectivity index (χ0) is 24.0. The van der Waals surface area contributed by atoms with Crippen molar-refractivity contribution in [2.45, 2.75) is 31.7 Å². The van der Waals surface area contributed by atoms with Crippen LogP contribution >= 0.6 is 23.4 Å². The molecule has 0 saturated carbocycles. The SMILES string of the molecule is C=CCn1c(SCC(=O)Nc2ccccc2[N+](=O)[O-])nnc1C(C)Oc1ccc(Cl)c(C)c1. The lowest BCUT2D eigenvalue weighted by atomic mass is 10.2. The van der Waals surface area contributed by atoms with Gasteiger partial charge in [0.1, 0.15) is 11.4 Å². The van der Waals surface area contributed by atoms with Gasteiger partial charge in [0, 0.05) is 17.6 Å². The quantitative estimate of drug-likeness (QED) is 0.181. The molecule has 3 aromatic rings. The Hall–Kier alpha value is -3.37. The molecule has 0 aliphatic heterocycles. The topological polar surface area (TPSA) is 112 Å². The van der Waals surface area contributed by atoms with Gasteiger partial charge in [-0.05, 0) is 43.7 Å². The molecule has 3 rings (SSSR count). The third kappa shape index (κ3) is 6.11. The molecule has 1 unspecified atom stereocenters. The third-order valence-corrected chi connectivity index (χ3v) is 5.96. The van der Waals surface area contributed by atoms with Gasteiger partial charge in [-0.25, -0.2) is 0 Å². The number of thioether (sulfide) groups is 1. The monoisotopic (exact) mass is 487 g/mol. The molecule has 0 saturated heterocycles. The van der Waals surface area contributed by atoms with Crippen LogP contribution in [-0.4, -0.2) is 31.3 Å². The summed E-state index contributed by atoms with van der Waals surface area (Å²) >= 11 is 7.24. The zero-order valence-electron chi connectivity index (χ0n) is 18.0. The van der Waals surface area contributed by atoms with Gasteiger partial charge in [0.05, 0.1) is 10.7 Å². The van der Waals surface area contributed by atoms with Crippen LogP contribution in [0.15, 0.2) is 60.3 Å². The zero-order valence-corrected chi connectivity index (χ0v) is 19.6. The van der Waals surface area contributed by atoms with Crippen LogP contribution < -0.4 is 10.1 Å². The van der Waals surface area contributed by atoms with Crippen molar-refractivity contribution in [3.63, 3.8) is 0 Å². The minimum Gasteiger partial charge on any atom is -0.483 e. The number of nitrogens with one attached hydrogen (secondary N) is 1. The average molecular weight is 488 g/mol. The number of para-hydroxylation sites is 2. The molecule has 1 N–H and O–H groups in total. The minimum absolute atomic E-state index is 0.00700. The van der Waals surface area contributed by atoms with Gasteiger partial charge in [0.2, 0.25) is 5.91 Å². The van der Waals surface area contributed by atoms with Crippen molar-refractivity contribution in [3.05, 3.63) is 81.6 Å². The number of halogens is 1. The van der Waals surface area contributed by atoms with Crippen LogP contribution in [-0.2, 0) is 11.3 Å². The van der Waals surface area contributed by atoms with E-state index < -0.39 is 16.9 Å². The summed E-state index contributed by atoms with van der Waals surface area (Å²) in [5.74, 6) is 0.817. The second kappa shape index (κ2) is 11.0. The Morgan fingerprint density at radius 2 is 2.12 bits per heavy atom. The fraction of sp³-hybridized carbons (Fsp3) is 0.227. The molecule has 0 aliphatic carbocycles. The van der Waals surface area contributed by atoms with Gasteiger partial charge in [0.25, 0.3) is 5.69 Å². The van der Waals surface area contributed by atoms with Crippen LogP contribution in [0.2, 0.25) is 5.02 Å². The highest BCUT2D eigenvalue weighted by Gasteiger charge is 2.21. The van der Waals surface area contributed by atoms with E-state index in [-0.39, 0.29) is 17.1 Å². The van der Waals surface area contributed by atoms with Gasteiger partial charge >= 0.3 is 0 Å². The predicted molar refractivity (Wildman–Crippen MR) is 128 cm³/mol. The Kier molecular flexibility index (Phi) is 8.07. The van der Waals surface area contributed by atoms with Crippen molar-refractivity contribution in [2.75, 3.05) is 11.1 Å². The number of ether oxygens (including phenoxy) is 1. The van der Waals surface area contributed by atoms with Crippen molar-refractivity contribution in [3.8, 4) is 5.75 Å². The average Bonchev–Trinajstić information content (AvgIpc) is 3.18. The number of carbonyl (C=O) groups is 1. The molecule has 1 atom stereocenters. The second-order valence-corrected chi connectivity index (χ2v) is 8.37. The van der Waals surface area contributed by atoms with Crippen molar-refractivity contribution in [1.82, 2.24) is 14.8 Å². The Morgan fingerprint density at radius 3 is 2.82 bits per heavy atom. The highest BCUT2D eigenvalue weighted by atomic mass is 35.5. The smallest absolute Gasteiger partial charge is 0.292 e. The van der Waals surface area contributed by atoms with Crippen molar-refractivity contribution >= 4 is 40.6 Å². The fourth-order valence-corrected chi connectivity index (χ4v) is 3.88. The van der Waals surface area contributed by atoms with Crippen molar-refractivity contribution in [2.24, 2.45) is 0 Å². The maximum Gasteiger partial charge on any atom is 0.292 e. The Balaban J connectivity index is 1.70. The van der Waals surface area contributed by atoms with Crippen LogP contribution in [0.3, 0.4) is 0 Å². The molecule has 1 heterocycles. The number of carbonyl (C=O) groups excluding carboxylic acids is 1. The van der Waals surface area contributed by atoms with Crippen LogP contribution in [0.25, 0.3) is 0 Å². The summed E-state index contributed by atoms with van der Waals surface area (Å²) in [6, 6.07) is 11.4. The van der Waals surface area contributed by atoms with Gasteiger partial charge in [-0.3, -0.25) is 19.5 Å². The molecule has 11 heteroatoms. The summed E-state index contributed by atoms with van der Waals surface area (Å²) < 4.78 is 7.82. The van der Waals surface area contributed by atoms with Gasteiger partial charge in [-0.15, -0.1) is 16.8 Å². The lowest BCUT2D eigenvalue weighted by Gasteiger charge is -2.16. The maximum atomic E-state index is 12.4. The molecule has 1 amide bonds. The molecule has 9 nitrogen and oxygen atoms in total. The summed E-state index contributed by atoms with van der Waals surface area (Å²) in [4.78, 5) is 23.0. The first-order chi connectivity index (χ1) is 15.8. The summed E-state index contributed by atoms with van der Waals surface area (Å²) in [7, 11) is 0. The van der Waals surface area contributed by atoms with Gasteiger partial charge in [-0.1, -0.05) is 41.6 Å². The number of hydrogen-bond acceptors (Lipinski definition) is 7. The molecule has 172 valence electrons. The number of allylic oxidation sites excluding steroid dienone is 1. The van der Waals surface area contributed by atoms with E-state index in [2.05, 4.69) is 22.1 Å². The number of nitro groups is 1. The first-order valence-electron chi connectivity index (χ1n) is 9.93. The van der Waals surface area contributed by atoms with Crippen LogP contribution in [0, 0.1) is 17.0 Å². The highest BCUT2D eigenvalue weighted by molar-refractivity contribution is 7.99. The molecular formula is C22H22ClN5O4S. The number of benzene rings is 2. The lowest BCUT2D eigenvalue weighted by Crippen LogP contribution is -2.16. The predicted octanol–water partition coefficient (Wildman–Crippen LogP) is 5.20. The molecule has 1 aromatic heterocycles. The first kappa shape index (κ1) is 24.3. The third-order valence-electron chi connectivity index (χ3n) is 4.57. The summed E-state index contributed by atoms with van der Waals surface area (Å²) in [6.45, 7) is 7.94. The Morgan fingerprint density at radius 1 is 1.36 bits per heavy atom. The Labute approximate surface area is 200 Å². The summed E-state index contributed by atoms with van der Waals surface area (Å²) in [6.07, 6.45) is 1.27. The van der Waals surface area contributed by atoms with E-state index in [1.165, 1.54) is 18.2 Å². The van der Waals surface area contributed by atoms with Gasteiger partial charge in [0.15, 0.2) is 17.1 Å². The van der Waals surface area contributed by atoms with E-state index in [0.717, 1.165) is 17.3 Å². The van der Waals surface area contributed by atoms with Crippen LogP contribution in [0.1, 0.15) is 24.4 Å². The first-order valence-corrected chi connectivity index (χ1v) is 11.3. The van der Waals surface area contributed by atoms with Gasteiger partial charge in [-0.2, -0.15) is 0 Å². The normalized spacial score (nSPS) is 11.6. The van der Waals surface area contributed by atoms with E-state index in [1.807, 2.05) is 24.5 Å². The number of nitro benzene ring substituents is 1. The number of amides is 1. The number of anilines is 1. The number of rotatable bonds is 10. The number of aromatic nitrogens is 3. The van der Waals surface area contributed by atoms with E-state index in [0.29, 0.717) is 28.3 Å². The van der Waals surface area contributed by atoms with Gasteiger partial charge < -0.3 is 10.1 Å². The second-order valence-electron chi connectivity index (χ2n) is 7.02. The Bertz CT molecular complexity index is 1180. The maximum absolute atomic E-state index is 12.4. The number of nitrogens with zero attached hydrogens (tertiary/aromatic N) is 4. The standard InChI is InChI=1S/C22H22ClN5O4S/c1-4-11-27-21(15(3)32-16-9-10-17(23)14(2)12-16)25-26-22(27)33-13-20(29)24-18-7-5-6-8-19(18)28(30)31/h4-10,12,15H,1,11,13H2,2-3H3,(H,24,29). The molecule has 0 fully saturated rings. The van der Waals surface area contributed by atoms with Crippen LogP contribution in [0.5, 0.6) is 5.75 Å². The van der Waals surface area contributed by atoms with E-state index in [1.54, 1.807) is 24.3 Å². The largest absolute Gasteiger partial charge is 0.483 e. The summed E-state index contributed by atoms with van der Waals surface area (Å²) in [5, 5.41) is 23.3. The molecule has 0 bridgehead atoms. The van der Waals surface area contributed by atoms with E-state index in [4.69, 9.17) is 16.3 Å². The molecule has 0 aliphatic rings. The molecule has 33 heavy (non-hydrogen) atoms. The molecule has 2 aromatic carbocycles. The lowest BCUT2D eigenvalue weighted by molar-refractivity contribution is -0.383. The van der Waals surface area contributed by atoms with E-state index >= 15 is 0 Å². The molecule has 0 spiro atoms.